The van der Waals surface area contributed by atoms with Crippen LogP contribution in [-0.4, -0.2) is 54.8 Å². The molecule has 10 heteroatoms. The predicted molar refractivity (Wildman–Crippen MR) is 122 cm³/mol. The van der Waals surface area contributed by atoms with Crippen molar-refractivity contribution >= 4 is 23.9 Å². The number of carbonyl (C=O) groups excluding carboxylic acids is 3. The zero-order valence-electron chi connectivity index (χ0n) is 19.4. The first-order valence-electron chi connectivity index (χ1n) is 10.4. The van der Waals surface area contributed by atoms with Gasteiger partial charge in [0.1, 0.15) is 17.2 Å². The van der Waals surface area contributed by atoms with E-state index in [1.54, 1.807) is 20.8 Å². The lowest BCUT2D eigenvalue weighted by Gasteiger charge is -2.35. The number of benzene rings is 1. The summed E-state index contributed by atoms with van der Waals surface area (Å²) < 4.78 is 10.1. The molecule has 0 aliphatic heterocycles. The van der Waals surface area contributed by atoms with E-state index in [1.807, 2.05) is 30.3 Å². The number of nitrogens with one attached hydrogen (secondary N) is 2. The zero-order chi connectivity index (χ0) is 24.4. The third-order valence-corrected chi connectivity index (χ3v) is 4.48. The van der Waals surface area contributed by atoms with Crippen LogP contribution in [0.25, 0.3) is 0 Å². The maximum absolute atomic E-state index is 13.5. The van der Waals surface area contributed by atoms with Crippen molar-refractivity contribution in [3.63, 3.8) is 0 Å². The molecule has 0 aromatic heterocycles. The Bertz CT molecular complexity index is 803. The topological polar surface area (TPSA) is 158 Å². The number of hydrogen-bond donors (Lipinski definition) is 4. The predicted octanol–water partition coefficient (Wildman–Crippen LogP) is 1.22. The van der Waals surface area contributed by atoms with Crippen LogP contribution in [0.4, 0.5) is 4.79 Å². The summed E-state index contributed by atoms with van der Waals surface area (Å²) in [5.41, 5.74) is 9.41. The number of nitrogens with two attached hydrogens (primary N) is 2. The molecule has 0 heterocycles. The summed E-state index contributed by atoms with van der Waals surface area (Å²) in [5, 5.41) is 5.39. The number of amides is 2. The third kappa shape index (κ3) is 9.23. The molecule has 0 radical (unpaired) electrons. The molecule has 0 aliphatic rings. The number of carbonyl (C=O) groups is 3. The van der Waals surface area contributed by atoms with Crippen molar-refractivity contribution in [2.75, 3.05) is 13.7 Å². The van der Waals surface area contributed by atoms with Crippen LogP contribution in [0, 0.1) is 0 Å². The van der Waals surface area contributed by atoms with E-state index in [4.69, 9.17) is 20.9 Å². The van der Waals surface area contributed by atoms with Crippen LogP contribution in [0.15, 0.2) is 35.3 Å². The van der Waals surface area contributed by atoms with Gasteiger partial charge in [-0.05, 0) is 46.1 Å². The van der Waals surface area contributed by atoms with Crippen LogP contribution in [0.1, 0.15) is 46.1 Å². The summed E-state index contributed by atoms with van der Waals surface area (Å²) >= 11 is 0. The number of esters is 1. The molecular weight excluding hydrogens is 414 g/mol. The lowest BCUT2D eigenvalue weighted by molar-refractivity contribution is -0.145. The van der Waals surface area contributed by atoms with E-state index in [1.165, 1.54) is 14.0 Å². The molecule has 10 nitrogen and oxygen atoms in total. The number of nitrogens with zero attached hydrogens (tertiary/aromatic N) is 1. The molecule has 6 N–H and O–H groups in total. The number of ether oxygens (including phenoxy) is 2. The molecule has 1 aromatic carbocycles. The van der Waals surface area contributed by atoms with E-state index in [0.29, 0.717) is 6.42 Å². The zero-order valence-corrected chi connectivity index (χ0v) is 19.4. The fraction of sp³-hybridized carbons (Fsp3) is 0.545. The van der Waals surface area contributed by atoms with E-state index < -0.39 is 35.2 Å². The first kappa shape index (κ1) is 26.7. The summed E-state index contributed by atoms with van der Waals surface area (Å²) in [4.78, 5) is 42.0. The van der Waals surface area contributed by atoms with Gasteiger partial charge < -0.3 is 31.6 Å². The quantitative estimate of drug-likeness (QED) is 0.181. The molecule has 32 heavy (non-hydrogen) atoms. The molecule has 0 saturated carbocycles. The molecule has 2 amide bonds. The molecule has 0 saturated heterocycles. The van der Waals surface area contributed by atoms with Gasteiger partial charge in [-0.1, -0.05) is 30.3 Å². The SMILES string of the molecule is COC(=O)[C@H](C)NC(=O)[C@](CCCN=C(N)N)(Cc1ccccc1)NC(=O)OC(C)(C)C. The Morgan fingerprint density at radius 2 is 1.75 bits per heavy atom. The molecule has 0 aliphatic carbocycles. The molecule has 1 rings (SSSR count). The first-order chi connectivity index (χ1) is 14.9. The van der Waals surface area contributed by atoms with Gasteiger partial charge in [0, 0.05) is 13.0 Å². The monoisotopic (exact) mass is 449 g/mol. The Balaban J connectivity index is 3.31. The minimum Gasteiger partial charge on any atom is -0.467 e. The second-order valence-corrected chi connectivity index (χ2v) is 8.50. The van der Waals surface area contributed by atoms with Gasteiger partial charge in [-0.2, -0.15) is 0 Å². The average molecular weight is 450 g/mol. The van der Waals surface area contributed by atoms with Crippen LogP contribution in [0.3, 0.4) is 0 Å². The van der Waals surface area contributed by atoms with Crippen LogP contribution < -0.4 is 22.1 Å². The number of guanidine groups is 1. The number of methoxy groups -OCH3 is 1. The standard InChI is InChI=1S/C22H35N5O5/c1-15(17(28)31-5)26-18(29)22(12-9-13-25-19(23)24,14-16-10-7-6-8-11-16)27-20(30)32-21(2,3)4/h6-8,10-11,15H,9,12-14H2,1-5H3,(H,26,29)(H,27,30)(H4,23,24,25)/t15-,22-/m0/s1. The molecule has 0 unspecified atom stereocenters. The number of rotatable bonds is 10. The van der Waals surface area contributed by atoms with E-state index >= 15 is 0 Å². The van der Waals surface area contributed by atoms with E-state index in [9.17, 15) is 14.4 Å². The second-order valence-electron chi connectivity index (χ2n) is 8.50. The maximum Gasteiger partial charge on any atom is 0.408 e. The lowest BCUT2D eigenvalue weighted by Crippen LogP contribution is -2.62. The van der Waals surface area contributed by atoms with Crippen LogP contribution in [-0.2, 0) is 25.5 Å². The Kier molecular flexibility index (Phi) is 9.96. The lowest BCUT2D eigenvalue weighted by atomic mass is 9.85. The van der Waals surface area contributed by atoms with Gasteiger partial charge in [0.2, 0.25) is 5.91 Å². The van der Waals surface area contributed by atoms with Gasteiger partial charge in [0.25, 0.3) is 0 Å². The highest BCUT2D eigenvalue weighted by Gasteiger charge is 2.42. The Labute approximate surface area is 189 Å². The molecule has 2 atom stereocenters. The molecule has 0 bridgehead atoms. The van der Waals surface area contributed by atoms with Crippen molar-refractivity contribution in [1.29, 1.82) is 0 Å². The number of alkyl carbamates (subject to hydrolysis) is 1. The first-order valence-corrected chi connectivity index (χ1v) is 10.4. The van der Waals surface area contributed by atoms with Crippen molar-refractivity contribution in [2.24, 2.45) is 16.5 Å². The second kappa shape index (κ2) is 11.9. The maximum atomic E-state index is 13.5. The van der Waals surface area contributed by atoms with Crippen molar-refractivity contribution in [2.45, 2.75) is 64.1 Å². The normalized spacial score (nSPS) is 13.8. The van der Waals surface area contributed by atoms with Crippen LogP contribution >= 0.6 is 0 Å². The molecular formula is C22H35N5O5. The van der Waals surface area contributed by atoms with E-state index in [2.05, 4.69) is 15.6 Å². The van der Waals surface area contributed by atoms with Gasteiger partial charge in [-0.3, -0.25) is 9.79 Å². The third-order valence-electron chi connectivity index (χ3n) is 4.48. The summed E-state index contributed by atoms with van der Waals surface area (Å²) in [6.07, 6.45) is -0.0107. The van der Waals surface area contributed by atoms with Crippen molar-refractivity contribution in [1.82, 2.24) is 10.6 Å². The minimum atomic E-state index is -1.43. The molecule has 1 aromatic rings. The average Bonchev–Trinajstić information content (AvgIpc) is 2.69. The van der Waals surface area contributed by atoms with Gasteiger partial charge in [0.05, 0.1) is 7.11 Å². The van der Waals surface area contributed by atoms with Gasteiger partial charge in [0.15, 0.2) is 5.96 Å². The van der Waals surface area contributed by atoms with Crippen molar-refractivity contribution in [3.8, 4) is 0 Å². The fourth-order valence-electron chi connectivity index (χ4n) is 3.05. The largest absolute Gasteiger partial charge is 0.467 e. The van der Waals surface area contributed by atoms with E-state index in [-0.39, 0.29) is 25.3 Å². The molecule has 0 fully saturated rings. The number of hydrogen-bond acceptors (Lipinski definition) is 6. The molecule has 178 valence electrons. The van der Waals surface area contributed by atoms with Crippen LogP contribution in [0.2, 0.25) is 0 Å². The summed E-state index contributed by atoms with van der Waals surface area (Å²) in [6, 6.07) is 8.30. The van der Waals surface area contributed by atoms with E-state index in [0.717, 1.165) is 5.56 Å². The molecule has 0 spiro atoms. The fourth-order valence-corrected chi connectivity index (χ4v) is 3.05. The highest BCUT2D eigenvalue weighted by Crippen LogP contribution is 2.22. The summed E-state index contributed by atoms with van der Waals surface area (Å²) in [7, 11) is 1.23. The number of aliphatic imine (C=N–C) groups is 1. The highest BCUT2D eigenvalue weighted by molar-refractivity contribution is 5.93. The van der Waals surface area contributed by atoms with Gasteiger partial charge in [-0.25, -0.2) is 9.59 Å². The van der Waals surface area contributed by atoms with Crippen molar-refractivity contribution in [3.05, 3.63) is 35.9 Å². The van der Waals surface area contributed by atoms with Crippen LogP contribution in [0.5, 0.6) is 0 Å². The Hall–Kier alpha value is -3.30. The smallest absolute Gasteiger partial charge is 0.408 e. The van der Waals surface area contributed by atoms with Gasteiger partial charge in [-0.15, -0.1) is 0 Å². The summed E-state index contributed by atoms with van der Waals surface area (Å²) in [6.45, 7) is 6.94. The Morgan fingerprint density at radius 3 is 2.28 bits per heavy atom. The van der Waals surface area contributed by atoms with Crippen molar-refractivity contribution < 1.29 is 23.9 Å². The minimum absolute atomic E-state index is 0.0671. The Morgan fingerprint density at radius 1 is 1.12 bits per heavy atom. The summed E-state index contributed by atoms with van der Waals surface area (Å²) in [5.74, 6) is -1.22. The van der Waals surface area contributed by atoms with Gasteiger partial charge >= 0.3 is 12.1 Å². The highest BCUT2D eigenvalue weighted by atomic mass is 16.6.